The summed E-state index contributed by atoms with van der Waals surface area (Å²) in [5.41, 5.74) is 10.5. The van der Waals surface area contributed by atoms with Crippen LogP contribution in [0.2, 0.25) is 0 Å². The van der Waals surface area contributed by atoms with Crippen LogP contribution in [0.4, 0.5) is 5.69 Å². The molecular formula is C36H38N2O. The molecule has 2 heterocycles. The SMILES string of the molecule is Cc1c2c3c(c4ccccc4/c(=N\c4c(C(C)C)cccc4C(C)C)c-3nc3c(C(C)C)cccc13)OC2C. The Labute approximate surface area is 232 Å². The number of benzene rings is 4. The summed E-state index contributed by atoms with van der Waals surface area (Å²) in [4.78, 5) is 11.1. The molecule has 3 nitrogen and oxygen atoms in total. The molecule has 0 N–H and O–H groups in total. The fourth-order valence-corrected chi connectivity index (χ4v) is 6.37. The van der Waals surface area contributed by atoms with Crippen LogP contribution in [-0.2, 0) is 0 Å². The predicted molar refractivity (Wildman–Crippen MR) is 164 cm³/mol. The van der Waals surface area contributed by atoms with Gasteiger partial charge in [-0.2, -0.15) is 0 Å². The van der Waals surface area contributed by atoms with Gasteiger partial charge in [0, 0.05) is 21.7 Å². The van der Waals surface area contributed by atoms with Crippen LogP contribution in [0.1, 0.15) is 100 Å². The Kier molecular flexibility index (Phi) is 6.21. The molecule has 1 unspecified atom stereocenters. The fraction of sp³-hybridized carbons (Fsp3) is 0.333. The topological polar surface area (TPSA) is 34.5 Å². The van der Waals surface area contributed by atoms with Crippen molar-refractivity contribution >= 4 is 27.4 Å². The van der Waals surface area contributed by atoms with Crippen LogP contribution in [0.25, 0.3) is 32.9 Å². The summed E-state index contributed by atoms with van der Waals surface area (Å²) in [6.07, 6.45) is -0.0598. The third-order valence-corrected chi connectivity index (χ3v) is 8.37. The lowest BCUT2D eigenvalue weighted by Crippen LogP contribution is -2.11. The molecule has 198 valence electrons. The van der Waals surface area contributed by atoms with Gasteiger partial charge in [0.05, 0.1) is 22.1 Å². The number of hydrogen-bond donors (Lipinski definition) is 0. The summed E-state index contributed by atoms with van der Waals surface area (Å²) >= 11 is 0. The minimum absolute atomic E-state index is 0.0598. The van der Waals surface area contributed by atoms with Gasteiger partial charge in [-0.05, 0) is 53.9 Å². The van der Waals surface area contributed by atoms with Crippen molar-refractivity contribution in [2.75, 3.05) is 0 Å². The molecule has 0 aromatic heterocycles. The minimum Gasteiger partial charge on any atom is -0.485 e. The van der Waals surface area contributed by atoms with Crippen LogP contribution in [0.15, 0.2) is 65.7 Å². The number of fused-ring (bicyclic) bond motifs is 3. The lowest BCUT2D eigenvalue weighted by atomic mass is 9.92. The number of ether oxygens (including phenoxy) is 1. The zero-order valence-electron chi connectivity index (χ0n) is 24.4. The smallest absolute Gasteiger partial charge is 0.138 e. The van der Waals surface area contributed by atoms with Crippen LogP contribution in [0.3, 0.4) is 0 Å². The fourth-order valence-electron chi connectivity index (χ4n) is 6.37. The molecule has 0 saturated carbocycles. The lowest BCUT2D eigenvalue weighted by molar-refractivity contribution is 0.248. The van der Waals surface area contributed by atoms with E-state index in [0.717, 1.165) is 44.3 Å². The van der Waals surface area contributed by atoms with Gasteiger partial charge >= 0.3 is 0 Å². The van der Waals surface area contributed by atoms with E-state index in [1.807, 2.05) is 0 Å². The number of rotatable bonds is 4. The van der Waals surface area contributed by atoms with Gasteiger partial charge < -0.3 is 4.74 Å². The van der Waals surface area contributed by atoms with Crippen molar-refractivity contribution < 1.29 is 4.74 Å². The van der Waals surface area contributed by atoms with Crippen LogP contribution < -0.4 is 10.1 Å². The number of para-hydroxylation sites is 2. The maximum Gasteiger partial charge on any atom is 0.138 e. The van der Waals surface area contributed by atoms with Crippen LogP contribution >= 0.6 is 0 Å². The molecule has 0 saturated heterocycles. The first-order valence-corrected chi connectivity index (χ1v) is 14.3. The third kappa shape index (κ3) is 3.93. The molecule has 1 atom stereocenters. The molecule has 1 aliphatic carbocycles. The molecule has 3 heteroatoms. The van der Waals surface area contributed by atoms with Crippen LogP contribution in [0, 0.1) is 6.92 Å². The van der Waals surface area contributed by atoms with Crippen LogP contribution in [0.5, 0.6) is 5.75 Å². The zero-order chi connectivity index (χ0) is 27.6. The maximum atomic E-state index is 6.63. The molecule has 3 aromatic rings. The number of aryl methyl sites for hydroxylation is 1. The second-order valence-corrected chi connectivity index (χ2v) is 12.0. The van der Waals surface area contributed by atoms with Gasteiger partial charge in [-0.25, -0.2) is 9.98 Å². The number of nitrogens with zero attached hydrogens (tertiary/aromatic N) is 2. The molecule has 0 bridgehead atoms. The van der Waals surface area contributed by atoms with Gasteiger partial charge in [-0.15, -0.1) is 0 Å². The van der Waals surface area contributed by atoms with Gasteiger partial charge in [-0.1, -0.05) is 102 Å². The molecule has 0 spiro atoms. The van der Waals surface area contributed by atoms with Crippen molar-refractivity contribution in [3.8, 4) is 17.0 Å². The summed E-state index contributed by atoms with van der Waals surface area (Å²) in [6.45, 7) is 17.9. The minimum atomic E-state index is -0.0598. The van der Waals surface area contributed by atoms with Crippen molar-refractivity contribution in [2.45, 2.75) is 79.2 Å². The Hall–Kier alpha value is -3.72. The van der Waals surface area contributed by atoms with Gasteiger partial charge in [0.1, 0.15) is 17.5 Å². The first-order valence-electron chi connectivity index (χ1n) is 14.3. The van der Waals surface area contributed by atoms with Crippen molar-refractivity contribution in [3.05, 3.63) is 93.8 Å². The number of hydrogen-bond acceptors (Lipinski definition) is 3. The second kappa shape index (κ2) is 9.48. The standard InChI is InChI=1S/C36H38N2O/c1-19(2)24-15-11-16-25(20(3)4)32(24)37-34-28-13-9-10-14-29(28)36-31-30(23(8)39-36)22(7)27-18-12-17-26(21(5)6)33(27)38-35(31)34/h9-21,23H,1-8H3/b37-34+. The highest BCUT2D eigenvalue weighted by atomic mass is 16.5. The molecular weight excluding hydrogens is 476 g/mol. The van der Waals surface area contributed by atoms with Gasteiger partial charge in [0.25, 0.3) is 0 Å². The van der Waals surface area contributed by atoms with E-state index in [-0.39, 0.29) is 6.10 Å². The average molecular weight is 515 g/mol. The van der Waals surface area contributed by atoms with E-state index in [0.29, 0.717) is 17.8 Å². The van der Waals surface area contributed by atoms with Crippen molar-refractivity contribution in [3.63, 3.8) is 0 Å². The van der Waals surface area contributed by atoms with Crippen molar-refractivity contribution in [1.29, 1.82) is 0 Å². The predicted octanol–water partition coefficient (Wildman–Crippen LogP) is 9.86. The van der Waals surface area contributed by atoms with Gasteiger partial charge in [0.15, 0.2) is 0 Å². The molecule has 0 fully saturated rings. The zero-order valence-corrected chi connectivity index (χ0v) is 24.4. The molecule has 39 heavy (non-hydrogen) atoms. The normalized spacial score (nSPS) is 15.5. The maximum absolute atomic E-state index is 6.63. The van der Waals surface area contributed by atoms with Crippen LogP contribution in [-0.4, -0.2) is 4.98 Å². The highest BCUT2D eigenvalue weighted by Crippen LogP contribution is 2.49. The Morgan fingerprint density at radius 1 is 0.718 bits per heavy atom. The van der Waals surface area contributed by atoms with E-state index in [1.165, 1.54) is 33.2 Å². The van der Waals surface area contributed by atoms with E-state index in [2.05, 4.69) is 116 Å². The largest absolute Gasteiger partial charge is 0.485 e. The lowest BCUT2D eigenvalue weighted by Gasteiger charge is -2.17. The average Bonchev–Trinajstić information content (AvgIpc) is 3.19. The first kappa shape index (κ1) is 25.6. The molecule has 0 radical (unpaired) electrons. The Morgan fingerprint density at radius 3 is 1.92 bits per heavy atom. The summed E-state index contributed by atoms with van der Waals surface area (Å²) in [5, 5.41) is 4.31. The summed E-state index contributed by atoms with van der Waals surface area (Å²) < 4.78 is 6.63. The summed E-state index contributed by atoms with van der Waals surface area (Å²) in [5.74, 6) is 2.00. The van der Waals surface area contributed by atoms with Gasteiger partial charge in [-0.3, -0.25) is 0 Å². The molecule has 2 aliphatic heterocycles. The highest BCUT2D eigenvalue weighted by molar-refractivity contribution is 6.01. The Balaban J connectivity index is 1.91. The Morgan fingerprint density at radius 2 is 1.28 bits per heavy atom. The van der Waals surface area contributed by atoms with E-state index < -0.39 is 0 Å². The molecule has 3 aromatic carbocycles. The Bertz CT molecular complexity index is 1770. The van der Waals surface area contributed by atoms with Gasteiger partial charge in [0.2, 0.25) is 0 Å². The molecule has 6 rings (SSSR count). The summed E-state index contributed by atoms with van der Waals surface area (Å²) in [7, 11) is 0. The van der Waals surface area contributed by atoms with Crippen molar-refractivity contribution in [2.24, 2.45) is 4.99 Å². The quantitative estimate of drug-likeness (QED) is 0.239. The van der Waals surface area contributed by atoms with E-state index in [4.69, 9.17) is 14.7 Å². The monoisotopic (exact) mass is 514 g/mol. The number of aromatic nitrogens is 1. The third-order valence-electron chi connectivity index (χ3n) is 8.37. The highest BCUT2D eigenvalue weighted by Gasteiger charge is 2.33. The molecule has 3 aliphatic rings. The molecule has 0 amide bonds. The first-order chi connectivity index (χ1) is 18.7. The van der Waals surface area contributed by atoms with E-state index >= 15 is 0 Å². The van der Waals surface area contributed by atoms with E-state index in [1.54, 1.807) is 0 Å². The summed E-state index contributed by atoms with van der Waals surface area (Å²) in [6, 6.07) is 21.8. The van der Waals surface area contributed by atoms with E-state index in [9.17, 15) is 0 Å². The second-order valence-electron chi connectivity index (χ2n) is 12.0. The van der Waals surface area contributed by atoms with Crippen molar-refractivity contribution in [1.82, 2.24) is 4.98 Å².